The number of halogens is 2. The Morgan fingerprint density at radius 1 is 1.07 bits per heavy atom. The lowest BCUT2D eigenvalue weighted by Gasteiger charge is -2.26. The maximum atomic E-state index is 13.5. The van der Waals surface area contributed by atoms with Crippen LogP contribution in [0.2, 0.25) is 0 Å². The molecule has 0 saturated heterocycles. The molecule has 2 aromatic carbocycles. The molecule has 0 aromatic heterocycles. The lowest BCUT2D eigenvalue weighted by molar-refractivity contribution is 0.503. The van der Waals surface area contributed by atoms with Crippen LogP contribution < -0.4 is 10.6 Å². The fourth-order valence-corrected chi connectivity index (χ4v) is 4.36. The van der Waals surface area contributed by atoms with Crippen molar-refractivity contribution >= 4 is 39.8 Å². The van der Waals surface area contributed by atoms with Gasteiger partial charge in [-0.3, -0.25) is 4.99 Å². The van der Waals surface area contributed by atoms with Gasteiger partial charge in [0, 0.05) is 25.6 Å². The molecule has 0 spiro atoms. The highest BCUT2D eigenvalue weighted by Gasteiger charge is 2.21. The molecule has 0 fully saturated rings. The number of hydrogen-bond acceptors (Lipinski definition) is 3. The average molecular weight is 547 g/mol. The summed E-state index contributed by atoms with van der Waals surface area (Å²) < 4.78 is 38.0. The minimum atomic E-state index is -3.15. The molecule has 0 radical (unpaired) electrons. The van der Waals surface area contributed by atoms with Crippen molar-refractivity contribution in [3.05, 3.63) is 71.5 Å². The molecular formula is C22H31FIN3O2S. The molecule has 2 N–H and O–H groups in total. The number of nitrogens with one attached hydrogen (secondary N) is 2. The van der Waals surface area contributed by atoms with Crippen molar-refractivity contribution in [3.8, 4) is 0 Å². The summed E-state index contributed by atoms with van der Waals surface area (Å²) in [5.74, 6) is 0.508. The van der Waals surface area contributed by atoms with Crippen LogP contribution in [0.25, 0.3) is 0 Å². The number of nitrogens with zero attached hydrogens (tertiary/aromatic N) is 1. The van der Waals surface area contributed by atoms with Crippen LogP contribution >= 0.6 is 24.0 Å². The fourth-order valence-electron chi connectivity index (χ4n) is 2.94. The van der Waals surface area contributed by atoms with Crippen LogP contribution in [0.4, 0.5) is 4.39 Å². The Hall–Kier alpha value is -1.68. The number of guanidine groups is 1. The molecule has 5 nitrogen and oxygen atoms in total. The molecule has 166 valence electrons. The zero-order chi connectivity index (χ0) is 21.3. The monoisotopic (exact) mass is 547 g/mol. The van der Waals surface area contributed by atoms with Gasteiger partial charge in [-0.2, -0.15) is 0 Å². The maximum absolute atomic E-state index is 13.5. The Bertz CT molecular complexity index is 919. The molecule has 0 bridgehead atoms. The van der Waals surface area contributed by atoms with Crippen molar-refractivity contribution in [3.63, 3.8) is 0 Å². The van der Waals surface area contributed by atoms with E-state index in [0.717, 1.165) is 11.1 Å². The standard InChI is InChI=1S/C22H30FN3O2S.HI/c1-22(2,19-11-7-12-20(23)15-19)17-26-21(24-3)25-13-8-14-29(27,28)16-18-9-5-4-6-10-18;/h4-7,9-12,15H,8,13-14,16-17H2,1-3H3,(H2,24,25,26);1H. The van der Waals surface area contributed by atoms with Gasteiger partial charge in [0.1, 0.15) is 5.82 Å². The van der Waals surface area contributed by atoms with E-state index in [1.165, 1.54) is 12.1 Å². The molecule has 0 aliphatic rings. The van der Waals surface area contributed by atoms with Crippen LogP contribution in [0.15, 0.2) is 59.6 Å². The smallest absolute Gasteiger partial charge is 0.191 e. The quantitative estimate of drug-likeness (QED) is 0.216. The zero-order valence-electron chi connectivity index (χ0n) is 17.7. The first-order valence-corrected chi connectivity index (χ1v) is 11.5. The molecule has 30 heavy (non-hydrogen) atoms. The van der Waals surface area contributed by atoms with Crippen molar-refractivity contribution < 1.29 is 12.8 Å². The molecule has 2 rings (SSSR count). The van der Waals surface area contributed by atoms with Gasteiger partial charge < -0.3 is 10.6 Å². The van der Waals surface area contributed by atoms with E-state index in [4.69, 9.17) is 0 Å². The molecule has 8 heteroatoms. The van der Waals surface area contributed by atoms with Crippen LogP contribution in [-0.4, -0.2) is 40.3 Å². The second kappa shape index (κ2) is 12.2. The SMILES string of the molecule is CN=C(NCCCS(=O)(=O)Cc1ccccc1)NCC(C)(C)c1cccc(F)c1.I. The predicted octanol–water partition coefficient (Wildman–Crippen LogP) is 3.89. The van der Waals surface area contributed by atoms with Crippen molar-refractivity contribution in [2.24, 2.45) is 4.99 Å². The number of benzene rings is 2. The molecule has 2 aromatic rings. The van der Waals surface area contributed by atoms with Gasteiger partial charge in [0.25, 0.3) is 0 Å². The van der Waals surface area contributed by atoms with Gasteiger partial charge in [0.15, 0.2) is 15.8 Å². The second-order valence-electron chi connectivity index (χ2n) is 7.68. The van der Waals surface area contributed by atoms with Crippen LogP contribution in [0.5, 0.6) is 0 Å². The van der Waals surface area contributed by atoms with Gasteiger partial charge in [0.05, 0.1) is 11.5 Å². The van der Waals surface area contributed by atoms with Crippen molar-refractivity contribution in [1.82, 2.24) is 10.6 Å². The topological polar surface area (TPSA) is 70.6 Å². The first-order valence-electron chi connectivity index (χ1n) is 9.67. The molecule has 0 unspecified atom stereocenters. The Balaban J connectivity index is 0.00000450. The number of hydrogen-bond donors (Lipinski definition) is 2. The van der Waals surface area contributed by atoms with Crippen LogP contribution in [0, 0.1) is 5.82 Å². The number of rotatable bonds is 9. The molecule has 0 aliphatic carbocycles. The lowest BCUT2D eigenvalue weighted by Crippen LogP contribution is -2.44. The van der Waals surface area contributed by atoms with E-state index in [1.807, 2.05) is 50.2 Å². The first kappa shape index (κ1) is 26.4. The third kappa shape index (κ3) is 8.99. The van der Waals surface area contributed by atoms with Crippen molar-refractivity contribution in [2.45, 2.75) is 31.4 Å². The first-order chi connectivity index (χ1) is 13.7. The Morgan fingerprint density at radius 3 is 2.40 bits per heavy atom. The van der Waals surface area contributed by atoms with E-state index in [9.17, 15) is 12.8 Å². The number of aliphatic imine (C=N–C) groups is 1. The maximum Gasteiger partial charge on any atom is 0.191 e. The number of sulfone groups is 1. The summed E-state index contributed by atoms with van der Waals surface area (Å²) in [6.07, 6.45) is 0.489. The molecule has 0 amide bonds. The third-order valence-electron chi connectivity index (χ3n) is 4.68. The van der Waals surface area contributed by atoms with Gasteiger partial charge in [-0.25, -0.2) is 12.8 Å². The van der Waals surface area contributed by atoms with E-state index >= 15 is 0 Å². The second-order valence-corrected chi connectivity index (χ2v) is 9.86. The summed E-state index contributed by atoms with van der Waals surface area (Å²) in [6, 6.07) is 15.8. The van der Waals surface area contributed by atoms with Crippen LogP contribution in [0.3, 0.4) is 0 Å². The van der Waals surface area contributed by atoms with Gasteiger partial charge in [-0.05, 0) is 29.7 Å². The van der Waals surface area contributed by atoms with Gasteiger partial charge in [-0.15, -0.1) is 24.0 Å². The van der Waals surface area contributed by atoms with E-state index in [-0.39, 0.29) is 46.7 Å². The summed E-state index contributed by atoms with van der Waals surface area (Å²) in [4.78, 5) is 4.17. The molecule has 0 atom stereocenters. The minimum absolute atomic E-state index is 0. The fraction of sp³-hybridized carbons (Fsp3) is 0.409. The highest BCUT2D eigenvalue weighted by atomic mass is 127. The molecule has 0 aliphatic heterocycles. The van der Waals surface area contributed by atoms with Crippen molar-refractivity contribution in [2.75, 3.05) is 25.9 Å². The minimum Gasteiger partial charge on any atom is -0.356 e. The van der Waals surface area contributed by atoms with Gasteiger partial charge in [0.2, 0.25) is 0 Å². The van der Waals surface area contributed by atoms with Crippen LogP contribution in [0.1, 0.15) is 31.4 Å². The largest absolute Gasteiger partial charge is 0.356 e. The van der Waals surface area contributed by atoms with E-state index < -0.39 is 9.84 Å². The molecule has 0 saturated carbocycles. The predicted molar refractivity (Wildman–Crippen MR) is 133 cm³/mol. The molecular weight excluding hydrogens is 516 g/mol. The summed E-state index contributed by atoms with van der Waals surface area (Å²) in [5, 5.41) is 6.37. The highest BCUT2D eigenvalue weighted by Crippen LogP contribution is 2.22. The summed E-state index contributed by atoms with van der Waals surface area (Å²) in [6.45, 7) is 5.10. The van der Waals surface area contributed by atoms with E-state index in [1.54, 1.807) is 13.1 Å². The summed E-state index contributed by atoms with van der Waals surface area (Å²) in [5.41, 5.74) is 1.41. The Morgan fingerprint density at radius 2 is 1.77 bits per heavy atom. The highest BCUT2D eigenvalue weighted by molar-refractivity contribution is 14.0. The lowest BCUT2D eigenvalue weighted by atomic mass is 9.84. The average Bonchev–Trinajstić information content (AvgIpc) is 2.68. The third-order valence-corrected chi connectivity index (χ3v) is 6.37. The zero-order valence-corrected chi connectivity index (χ0v) is 20.8. The van der Waals surface area contributed by atoms with Crippen molar-refractivity contribution in [1.29, 1.82) is 0 Å². The summed E-state index contributed by atoms with van der Waals surface area (Å²) >= 11 is 0. The normalized spacial score (nSPS) is 12.2. The summed E-state index contributed by atoms with van der Waals surface area (Å²) in [7, 11) is -1.49. The Kier molecular flexibility index (Phi) is 10.8. The van der Waals surface area contributed by atoms with E-state index in [2.05, 4.69) is 15.6 Å². The molecule has 0 heterocycles. The van der Waals surface area contributed by atoms with E-state index in [0.29, 0.717) is 25.5 Å². The van der Waals surface area contributed by atoms with Gasteiger partial charge in [-0.1, -0.05) is 56.3 Å². The van der Waals surface area contributed by atoms with Gasteiger partial charge >= 0.3 is 0 Å². The Labute approximate surface area is 196 Å². The van der Waals surface area contributed by atoms with Crippen LogP contribution in [-0.2, 0) is 21.0 Å².